The van der Waals surface area contributed by atoms with Gasteiger partial charge in [0.1, 0.15) is 5.75 Å². The Hall–Kier alpha value is -1.84. The van der Waals surface area contributed by atoms with Gasteiger partial charge in [-0.15, -0.1) is 24.0 Å². The number of methoxy groups -OCH3 is 1. The van der Waals surface area contributed by atoms with Crippen LogP contribution in [0.4, 0.5) is 5.69 Å². The Morgan fingerprint density at radius 2 is 1.76 bits per heavy atom. The van der Waals surface area contributed by atoms with Gasteiger partial charge < -0.3 is 20.5 Å². The third kappa shape index (κ3) is 6.87. The number of aryl methyl sites for hydroxylation is 2. The number of guanidine groups is 1. The first kappa shape index (κ1) is 23.4. The minimum Gasteiger partial charge on any atom is -0.497 e. The maximum Gasteiger partial charge on any atom is 0.193 e. The Kier molecular flexibility index (Phi) is 9.19. The van der Waals surface area contributed by atoms with Crippen LogP contribution >= 0.6 is 24.0 Å². The molecule has 6 nitrogen and oxygen atoms in total. The molecule has 3 rings (SSSR count). The van der Waals surface area contributed by atoms with Gasteiger partial charge in [-0.3, -0.25) is 9.89 Å². The van der Waals surface area contributed by atoms with Crippen molar-refractivity contribution in [1.82, 2.24) is 4.90 Å². The van der Waals surface area contributed by atoms with Crippen LogP contribution < -0.4 is 15.8 Å². The average Bonchev–Trinajstić information content (AvgIpc) is 2.68. The van der Waals surface area contributed by atoms with E-state index in [0.717, 1.165) is 37.7 Å². The number of nitrogens with one attached hydrogen (secondary N) is 1. The Bertz CT molecular complexity index is 785. The number of rotatable bonds is 6. The van der Waals surface area contributed by atoms with Gasteiger partial charge in [0, 0.05) is 18.8 Å². The molecule has 2 aromatic carbocycles. The molecule has 1 fully saturated rings. The number of morpholine rings is 1. The number of nitrogens with two attached hydrogens (primary N) is 1. The van der Waals surface area contributed by atoms with Crippen molar-refractivity contribution in [1.29, 1.82) is 0 Å². The third-order valence-corrected chi connectivity index (χ3v) is 4.92. The number of anilines is 1. The van der Waals surface area contributed by atoms with Crippen LogP contribution in [0.25, 0.3) is 0 Å². The molecule has 1 saturated heterocycles. The Morgan fingerprint density at radius 1 is 1.14 bits per heavy atom. The maximum absolute atomic E-state index is 6.18. The molecule has 0 aliphatic carbocycles. The van der Waals surface area contributed by atoms with Gasteiger partial charge in [-0.05, 0) is 54.8 Å². The van der Waals surface area contributed by atoms with E-state index in [-0.39, 0.29) is 30.0 Å². The van der Waals surface area contributed by atoms with Crippen molar-refractivity contribution in [2.45, 2.75) is 19.9 Å². The van der Waals surface area contributed by atoms with E-state index in [1.807, 2.05) is 12.1 Å². The highest BCUT2D eigenvalue weighted by molar-refractivity contribution is 14.0. The number of ether oxygens (including phenoxy) is 2. The van der Waals surface area contributed by atoms with E-state index in [1.165, 1.54) is 16.7 Å². The van der Waals surface area contributed by atoms with Crippen LogP contribution in [-0.4, -0.2) is 50.8 Å². The number of aliphatic imine (C=N–C) groups is 1. The van der Waals surface area contributed by atoms with Gasteiger partial charge in [0.25, 0.3) is 0 Å². The van der Waals surface area contributed by atoms with Gasteiger partial charge in [-0.25, -0.2) is 0 Å². The molecule has 3 N–H and O–H groups in total. The van der Waals surface area contributed by atoms with Gasteiger partial charge in [0.05, 0.1) is 32.9 Å². The first-order valence-electron chi connectivity index (χ1n) is 9.66. The lowest BCUT2D eigenvalue weighted by molar-refractivity contribution is 0.0180. The summed E-state index contributed by atoms with van der Waals surface area (Å²) in [6.07, 6.45) is 0. The lowest BCUT2D eigenvalue weighted by atomic mass is 10.0. The van der Waals surface area contributed by atoms with Crippen LogP contribution in [0.1, 0.15) is 22.7 Å². The van der Waals surface area contributed by atoms with E-state index in [4.69, 9.17) is 15.2 Å². The minimum absolute atomic E-state index is 0. The summed E-state index contributed by atoms with van der Waals surface area (Å²) in [5.41, 5.74) is 10.7. The van der Waals surface area contributed by atoms with Crippen molar-refractivity contribution < 1.29 is 9.47 Å². The molecule has 0 bridgehead atoms. The Morgan fingerprint density at radius 3 is 2.34 bits per heavy atom. The first-order chi connectivity index (χ1) is 13.5. The second-order valence-electron chi connectivity index (χ2n) is 7.16. The predicted molar refractivity (Wildman–Crippen MR) is 130 cm³/mol. The van der Waals surface area contributed by atoms with Crippen LogP contribution in [0.2, 0.25) is 0 Å². The van der Waals surface area contributed by atoms with Gasteiger partial charge in [0.2, 0.25) is 0 Å². The summed E-state index contributed by atoms with van der Waals surface area (Å²) in [6, 6.07) is 14.6. The topological polar surface area (TPSA) is 72.1 Å². The molecule has 0 saturated carbocycles. The molecular weight excluding hydrogens is 479 g/mol. The lowest BCUT2D eigenvalue weighted by Gasteiger charge is -2.34. The van der Waals surface area contributed by atoms with Gasteiger partial charge in [0.15, 0.2) is 5.96 Å². The van der Waals surface area contributed by atoms with E-state index in [9.17, 15) is 0 Å². The van der Waals surface area contributed by atoms with Gasteiger partial charge in [-0.2, -0.15) is 0 Å². The zero-order valence-electron chi connectivity index (χ0n) is 17.4. The molecule has 1 aliphatic heterocycles. The van der Waals surface area contributed by atoms with Crippen molar-refractivity contribution >= 4 is 35.6 Å². The average molecular weight is 510 g/mol. The highest BCUT2D eigenvalue weighted by atomic mass is 127. The van der Waals surface area contributed by atoms with E-state index >= 15 is 0 Å². The number of hydrogen-bond donors (Lipinski definition) is 2. The van der Waals surface area contributed by atoms with Crippen LogP contribution in [0.15, 0.2) is 47.5 Å². The summed E-state index contributed by atoms with van der Waals surface area (Å²) in [5.74, 6) is 1.28. The lowest BCUT2D eigenvalue weighted by Crippen LogP contribution is -2.40. The van der Waals surface area contributed by atoms with Gasteiger partial charge >= 0.3 is 0 Å². The van der Waals surface area contributed by atoms with Crippen molar-refractivity contribution in [2.24, 2.45) is 10.7 Å². The quantitative estimate of drug-likeness (QED) is 0.352. The molecule has 7 heteroatoms. The highest BCUT2D eigenvalue weighted by Crippen LogP contribution is 2.24. The normalized spacial score (nSPS) is 16.0. The highest BCUT2D eigenvalue weighted by Gasteiger charge is 2.22. The molecule has 0 spiro atoms. The molecule has 29 heavy (non-hydrogen) atoms. The van der Waals surface area contributed by atoms with Crippen LogP contribution in [0.5, 0.6) is 5.75 Å². The maximum atomic E-state index is 6.18. The number of nitrogens with zero attached hydrogens (tertiary/aromatic N) is 2. The second-order valence-corrected chi connectivity index (χ2v) is 7.16. The first-order valence-corrected chi connectivity index (χ1v) is 9.66. The number of hydrogen-bond acceptors (Lipinski definition) is 4. The summed E-state index contributed by atoms with van der Waals surface area (Å²) in [7, 11) is 1.68. The predicted octanol–water partition coefficient (Wildman–Crippen LogP) is 3.73. The molecule has 1 unspecified atom stereocenters. The van der Waals surface area contributed by atoms with Crippen molar-refractivity contribution in [2.75, 3.05) is 45.3 Å². The Labute approximate surface area is 190 Å². The van der Waals surface area contributed by atoms with Gasteiger partial charge in [-0.1, -0.05) is 18.2 Å². The van der Waals surface area contributed by atoms with E-state index in [1.54, 1.807) is 7.11 Å². The molecule has 0 aromatic heterocycles. The standard InChI is InChI=1S/C22H30N4O2.HI/c1-16-12-17(2)14-19(13-16)25-22(23)24-15-21(26-8-10-28-11-9-26)18-4-6-20(27-3)7-5-18;/h4-7,12-14,21H,8-11,15H2,1-3H3,(H3,23,24,25);1H. The van der Waals surface area contributed by atoms with Crippen molar-refractivity contribution in [3.8, 4) is 5.75 Å². The molecule has 1 atom stereocenters. The zero-order valence-corrected chi connectivity index (χ0v) is 19.7. The summed E-state index contributed by atoms with van der Waals surface area (Å²) in [4.78, 5) is 7.04. The largest absolute Gasteiger partial charge is 0.497 e. The summed E-state index contributed by atoms with van der Waals surface area (Å²) in [6.45, 7) is 7.98. The smallest absolute Gasteiger partial charge is 0.193 e. The zero-order chi connectivity index (χ0) is 19.9. The number of halogens is 1. The van der Waals surface area contributed by atoms with Crippen LogP contribution in [0, 0.1) is 13.8 Å². The Balaban J connectivity index is 0.00000300. The summed E-state index contributed by atoms with van der Waals surface area (Å²) >= 11 is 0. The fraction of sp³-hybridized carbons (Fsp3) is 0.409. The molecule has 1 heterocycles. The summed E-state index contributed by atoms with van der Waals surface area (Å²) in [5, 5.41) is 3.22. The van der Waals surface area contributed by atoms with Crippen LogP contribution in [-0.2, 0) is 4.74 Å². The molecule has 0 radical (unpaired) electrons. The molecular formula is C22H31IN4O2. The number of benzene rings is 2. The molecule has 1 aliphatic rings. The van der Waals surface area contributed by atoms with Crippen molar-refractivity contribution in [3.05, 3.63) is 59.2 Å². The van der Waals surface area contributed by atoms with E-state index in [0.29, 0.717) is 12.5 Å². The van der Waals surface area contributed by atoms with Crippen LogP contribution in [0.3, 0.4) is 0 Å². The van der Waals surface area contributed by atoms with E-state index < -0.39 is 0 Å². The second kappa shape index (κ2) is 11.4. The monoisotopic (exact) mass is 510 g/mol. The fourth-order valence-electron chi connectivity index (χ4n) is 3.57. The SMILES string of the molecule is COc1ccc(C(CN=C(N)Nc2cc(C)cc(C)c2)N2CCOCC2)cc1.I. The summed E-state index contributed by atoms with van der Waals surface area (Å²) < 4.78 is 10.8. The van der Waals surface area contributed by atoms with Crippen molar-refractivity contribution in [3.63, 3.8) is 0 Å². The molecule has 158 valence electrons. The fourth-order valence-corrected chi connectivity index (χ4v) is 3.57. The third-order valence-electron chi connectivity index (χ3n) is 4.92. The molecule has 2 aromatic rings. The van der Waals surface area contributed by atoms with E-state index in [2.05, 4.69) is 59.4 Å². The minimum atomic E-state index is 0. The molecule has 0 amide bonds.